The number of benzene rings is 1. The maximum absolute atomic E-state index is 13.6. The average Bonchev–Trinajstić information content (AvgIpc) is 3.10. The van der Waals surface area contributed by atoms with Crippen LogP contribution in [0.5, 0.6) is 0 Å². The summed E-state index contributed by atoms with van der Waals surface area (Å²) in [4.78, 5) is 29.3. The van der Waals surface area contributed by atoms with Crippen LogP contribution in [0.4, 0.5) is 0 Å². The van der Waals surface area contributed by atoms with Gasteiger partial charge in [0.05, 0.1) is 15.3 Å². The standard InChI is InChI=1S/C25H32N4O4S2/c1-17(2)15-21(24(27)30)29(25(31)22-11-10-18(3)34-22)20-8-6-13-28(14-12-20)35(32,33)23-9-5-4-7-19(23)16-26/h4-5,7,9-11,17,20-21H,6,8,12-15H2,1-3H3,(H2,27,30)/t20-,21+/m1/s1. The number of aryl methyl sites for hydroxylation is 1. The fraction of sp³-hybridized carbons (Fsp3) is 0.480. The van der Waals surface area contributed by atoms with Gasteiger partial charge in [0.25, 0.3) is 5.91 Å². The zero-order valence-corrected chi connectivity index (χ0v) is 21.9. The van der Waals surface area contributed by atoms with Crippen LogP contribution in [0.1, 0.15) is 59.6 Å². The molecule has 1 aromatic heterocycles. The molecule has 1 aromatic carbocycles. The van der Waals surface area contributed by atoms with Crippen molar-refractivity contribution in [2.24, 2.45) is 11.7 Å². The molecule has 1 fully saturated rings. The lowest BCUT2D eigenvalue weighted by Gasteiger charge is -2.37. The van der Waals surface area contributed by atoms with E-state index >= 15 is 0 Å². The summed E-state index contributed by atoms with van der Waals surface area (Å²) in [5, 5.41) is 9.39. The molecule has 10 heteroatoms. The summed E-state index contributed by atoms with van der Waals surface area (Å²) in [6.07, 6.45) is 1.86. The SMILES string of the molecule is Cc1ccc(C(=O)N([C@@H]2CCCN(S(=O)(=O)c3ccccc3C#N)CC2)[C@@H](CC(C)C)C(N)=O)s1. The van der Waals surface area contributed by atoms with Crippen LogP contribution in [-0.2, 0) is 14.8 Å². The summed E-state index contributed by atoms with van der Waals surface area (Å²) in [5.74, 6) is -0.668. The van der Waals surface area contributed by atoms with Crippen LogP contribution in [0.15, 0.2) is 41.3 Å². The Morgan fingerprint density at radius 2 is 1.91 bits per heavy atom. The largest absolute Gasteiger partial charge is 0.368 e. The summed E-state index contributed by atoms with van der Waals surface area (Å²) in [7, 11) is -3.88. The van der Waals surface area contributed by atoms with Crippen LogP contribution < -0.4 is 5.73 Å². The van der Waals surface area contributed by atoms with E-state index in [4.69, 9.17) is 5.73 Å². The molecule has 2 heterocycles. The smallest absolute Gasteiger partial charge is 0.264 e. The van der Waals surface area contributed by atoms with Crippen molar-refractivity contribution >= 4 is 33.2 Å². The molecule has 0 unspecified atom stereocenters. The Labute approximate surface area is 211 Å². The van der Waals surface area contributed by atoms with Crippen LogP contribution in [0.25, 0.3) is 0 Å². The lowest BCUT2D eigenvalue weighted by atomic mass is 9.97. The number of thiophene rings is 1. The number of sulfonamides is 1. The average molecular weight is 517 g/mol. The maximum Gasteiger partial charge on any atom is 0.264 e. The highest BCUT2D eigenvalue weighted by atomic mass is 32.2. The number of nitriles is 1. The van der Waals surface area contributed by atoms with Gasteiger partial charge >= 0.3 is 0 Å². The topological polar surface area (TPSA) is 125 Å². The van der Waals surface area contributed by atoms with Crippen molar-refractivity contribution in [1.29, 1.82) is 5.26 Å². The Bertz CT molecular complexity index is 1220. The van der Waals surface area contributed by atoms with Crippen molar-refractivity contribution in [2.75, 3.05) is 13.1 Å². The zero-order chi connectivity index (χ0) is 25.8. The first-order chi connectivity index (χ1) is 16.6. The molecule has 2 aromatic rings. The van der Waals surface area contributed by atoms with Gasteiger partial charge in [0, 0.05) is 24.0 Å². The van der Waals surface area contributed by atoms with E-state index < -0.39 is 22.0 Å². The second-order valence-corrected chi connectivity index (χ2v) is 12.5. The molecular formula is C25H32N4O4S2. The van der Waals surface area contributed by atoms with Gasteiger partial charge in [-0.15, -0.1) is 11.3 Å². The number of amides is 2. The van der Waals surface area contributed by atoms with Crippen molar-refractivity contribution in [3.63, 3.8) is 0 Å². The van der Waals surface area contributed by atoms with Gasteiger partial charge in [-0.2, -0.15) is 9.57 Å². The molecule has 3 rings (SSSR count). The summed E-state index contributed by atoms with van der Waals surface area (Å²) in [6.45, 7) is 6.31. The molecule has 1 aliphatic rings. The van der Waals surface area contributed by atoms with Gasteiger partial charge < -0.3 is 10.6 Å². The fourth-order valence-corrected chi connectivity index (χ4v) is 6.99. The highest BCUT2D eigenvalue weighted by Crippen LogP contribution is 2.29. The number of nitrogens with two attached hydrogens (primary N) is 1. The molecule has 0 radical (unpaired) electrons. The normalized spacial score (nSPS) is 18.0. The fourth-order valence-electron chi connectivity index (χ4n) is 4.55. The van der Waals surface area contributed by atoms with E-state index in [1.165, 1.54) is 27.8 Å². The highest BCUT2D eigenvalue weighted by Gasteiger charge is 2.38. The van der Waals surface area contributed by atoms with E-state index in [1.54, 1.807) is 23.1 Å². The number of primary amides is 1. The molecule has 8 nitrogen and oxygen atoms in total. The van der Waals surface area contributed by atoms with Crippen molar-refractivity contribution in [1.82, 2.24) is 9.21 Å². The minimum Gasteiger partial charge on any atom is -0.368 e. The predicted octanol–water partition coefficient (Wildman–Crippen LogP) is 3.51. The van der Waals surface area contributed by atoms with E-state index in [-0.39, 0.29) is 41.4 Å². The molecule has 0 saturated carbocycles. The van der Waals surface area contributed by atoms with Crippen molar-refractivity contribution in [3.8, 4) is 6.07 Å². The Kier molecular flexibility index (Phi) is 8.70. The van der Waals surface area contributed by atoms with Gasteiger partial charge in [0.2, 0.25) is 15.9 Å². The number of nitrogens with zero attached hydrogens (tertiary/aromatic N) is 3. The number of rotatable bonds is 8. The van der Waals surface area contributed by atoms with Crippen LogP contribution in [-0.4, -0.2) is 54.6 Å². The van der Waals surface area contributed by atoms with E-state index in [2.05, 4.69) is 0 Å². The van der Waals surface area contributed by atoms with Gasteiger partial charge in [-0.25, -0.2) is 8.42 Å². The minimum atomic E-state index is -3.88. The molecule has 35 heavy (non-hydrogen) atoms. The Morgan fingerprint density at radius 3 is 2.51 bits per heavy atom. The predicted molar refractivity (Wildman–Crippen MR) is 135 cm³/mol. The third-order valence-electron chi connectivity index (χ3n) is 6.22. The monoisotopic (exact) mass is 516 g/mol. The van der Waals surface area contributed by atoms with Gasteiger partial charge in [0.1, 0.15) is 12.1 Å². The summed E-state index contributed by atoms with van der Waals surface area (Å²) in [5.41, 5.74) is 5.89. The van der Waals surface area contributed by atoms with Crippen molar-refractivity contribution in [2.45, 2.75) is 63.4 Å². The van der Waals surface area contributed by atoms with Crippen LogP contribution in [0.2, 0.25) is 0 Å². The summed E-state index contributed by atoms with van der Waals surface area (Å²) >= 11 is 1.37. The zero-order valence-electron chi connectivity index (χ0n) is 20.3. The lowest BCUT2D eigenvalue weighted by Crippen LogP contribution is -2.53. The molecule has 1 saturated heterocycles. The van der Waals surface area contributed by atoms with Gasteiger partial charge in [-0.1, -0.05) is 26.0 Å². The summed E-state index contributed by atoms with van der Waals surface area (Å²) < 4.78 is 28.1. The van der Waals surface area contributed by atoms with E-state index in [0.29, 0.717) is 30.6 Å². The first kappa shape index (κ1) is 26.9. The van der Waals surface area contributed by atoms with E-state index in [0.717, 1.165) is 4.88 Å². The van der Waals surface area contributed by atoms with Gasteiger partial charge in [-0.3, -0.25) is 9.59 Å². The number of hydrogen-bond donors (Lipinski definition) is 1. The quantitative estimate of drug-likeness (QED) is 0.575. The summed E-state index contributed by atoms with van der Waals surface area (Å²) in [6, 6.07) is 10.6. The Hall–Kier alpha value is -2.74. The molecule has 1 aliphatic heterocycles. The molecule has 0 bridgehead atoms. The van der Waals surface area contributed by atoms with Crippen LogP contribution in [0, 0.1) is 24.2 Å². The second kappa shape index (κ2) is 11.3. The molecule has 188 valence electrons. The Balaban J connectivity index is 1.92. The first-order valence-corrected chi connectivity index (χ1v) is 14.0. The molecule has 2 N–H and O–H groups in total. The van der Waals surface area contributed by atoms with E-state index in [9.17, 15) is 23.3 Å². The number of carbonyl (C=O) groups excluding carboxylic acids is 2. The Morgan fingerprint density at radius 1 is 1.20 bits per heavy atom. The maximum atomic E-state index is 13.6. The van der Waals surface area contributed by atoms with Crippen LogP contribution in [0.3, 0.4) is 0 Å². The molecule has 0 aliphatic carbocycles. The highest BCUT2D eigenvalue weighted by molar-refractivity contribution is 7.89. The van der Waals surface area contributed by atoms with Gasteiger partial charge in [0.15, 0.2) is 0 Å². The molecule has 2 amide bonds. The lowest BCUT2D eigenvalue weighted by molar-refractivity contribution is -0.123. The van der Waals surface area contributed by atoms with Gasteiger partial charge in [-0.05, 0) is 62.8 Å². The molecule has 0 spiro atoms. The number of hydrogen-bond acceptors (Lipinski definition) is 6. The first-order valence-electron chi connectivity index (χ1n) is 11.7. The van der Waals surface area contributed by atoms with Crippen molar-refractivity contribution < 1.29 is 18.0 Å². The third-order valence-corrected chi connectivity index (χ3v) is 9.17. The number of carbonyl (C=O) groups is 2. The van der Waals surface area contributed by atoms with Crippen LogP contribution >= 0.6 is 11.3 Å². The third kappa shape index (κ3) is 6.10. The van der Waals surface area contributed by atoms with E-state index in [1.807, 2.05) is 32.9 Å². The molecular weight excluding hydrogens is 484 g/mol. The second-order valence-electron chi connectivity index (χ2n) is 9.27. The van der Waals surface area contributed by atoms with Crippen molar-refractivity contribution in [3.05, 3.63) is 51.7 Å². The molecule has 2 atom stereocenters. The minimum absolute atomic E-state index is 0.0160.